The first-order chi connectivity index (χ1) is 12.1. The van der Waals surface area contributed by atoms with Crippen LogP contribution in [0.5, 0.6) is 0 Å². The lowest BCUT2D eigenvalue weighted by Crippen LogP contribution is -2.08. The highest BCUT2D eigenvalue weighted by atomic mass is 16.4. The van der Waals surface area contributed by atoms with Gasteiger partial charge in [-0.05, 0) is 37.2 Å². The summed E-state index contributed by atoms with van der Waals surface area (Å²) in [5, 5.41) is 8.63. The second kappa shape index (κ2) is 13.5. The van der Waals surface area contributed by atoms with Crippen molar-refractivity contribution in [3.63, 3.8) is 0 Å². The van der Waals surface area contributed by atoms with Crippen LogP contribution in [-0.2, 0) is 11.2 Å². The molecule has 4 nitrogen and oxygen atoms in total. The zero-order chi connectivity index (χ0) is 18.3. The maximum absolute atomic E-state index is 11.2. The van der Waals surface area contributed by atoms with Gasteiger partial charge in [-0.3, -0.25) is 4.79 Å². The van der Waals surface area contributed by atoms with Gasteiger partial charge in [-0.15, -0.1) is 0 Å². The number of hydrogen-bond donors (Lipinski definition) is 2. The van der Waals surface area contributed by atoms with Gasteiger partial charge in [0, 0.05) is 18.3 Å². The molecule has 4 heteroatoms. The Balaban J connectivity index is 2.40. The maximum Gasteiger partial charge on any atom is 0.327 e. The number of carboxylic acid groups (broad SMARTS) is 1. The first-order valence-electron chi connectivity index (χ1n) is 9.69. The van der Waals surface area contributed by atoms with E-state index >= 15 is 0 Å². The van der Waals surface area contributed by atoms with Crippen LogP contribution < -0.4 is 5.56 Å². The Morgan fingerprint density at radius 1 is 1.12 bits per heavy atom. The maximum atomic E-state index is 11.2. The lowest BCUT2D eigenvalue weighted by molar-refractivity contribution is -0.131. The van der Waals surface area contributed by atoms with Crippen LogP contribution in [-0.4, -0.2) is 16.1 Å². The second-order valence-electron chi connectivity index (χ2n) is 6.86. The molecule has 0 saturated heterocycles. The predicted molar refractivity (Wildman–Crippen MR) is 103 cm³/mol. The number of allylic oxidation sites excluding steroid dienone is 1. The molecule has 0 aliphatic heterocycles. The van der Waals surface area contributed by atoms with E-state index in [1.54, 1.807) is 12.1 Å². The Hall–Kier alpha value is -1.84. The predicted octanol–water partition coefficient (Wildman–Crippen LogP) is 5.10. The minimum atomic E-state index is -0.878. The number of carbonyl (C=O) groups is 1. The summed E-state index contributed by atoms with van der Waals surface area (Å²) in [5.74, 6) is -0.285. The molecule has 0 aliphatic rings. The fourth-order valence-electron chi connectivity index (χ4n) is 3.17. The SMILES string of the molecule is CCCCCCCC[C@H](CCC/C=C/C(=O)O)Cc1ccc(=O)[nH]c1. The van der Waals surface area contributed by atoms with E-state index < -0.39 is 5.97 Å². The number of pyridine rings is 1. The normalized spacial score (nSPS) is 12.5. The number of hydrogen-bond acceptors (Lipinski definition) is 2. The van der Waals surface area contributed by atoms with Gasteiger partial charge in [0.05, 0.1) is 0 Å². The molecule has 0 unspecified atom stereocenters. The largest absolute Gasteiger partial charge is 0.478 e. The van der Waals surface area contributed by atoms with Crippen molar-refractivity contribution in [2.24, 2.45) is 5.92 Å². The van der Waals surface area contributed by atoms with Crippen LogP contribution in [0.2, 0.25) is 0 Å². The third kappa shape index (κ3) is 11.4. The lowest BCUT2D eigenvalue weighted by Gasteiger charge is -2.16. The second-order valence-corrected chi connectivity index (χ2v) is 6.86. The molecule has 1 aromatic heterocycles. The lowest BCUT2D eigenvalue weighted by atomic mass is 9.89. The Labute approximate surface area is 151 Å². The van der Waals surface area contributed by atoms with Crippen LogP contribution in [0.25, 0.3) is 0 Å². The third-order valence-electron chi connectivity index (χ3n) is 4.58. The van der Waals surface area contributed by atoms with E-state index in [1.165, 1.54) is 56.6 Å². The number of nitrogens with one attached hydrogen (secondary N) is 1. The first-order valence-corrected chi connectivity index (χ1v) is 9.69. The van der Waals surface area contributed by atoms with E-state index in [-0.39, 0.29) is 5.56 Å². The summed E-state index contributed by atoms with van der Waals surface area (Å²) in [6, 6.07) is 3.50. The monoisotopic (exact) mass is 347 g/mol. The fraction of sp³-hybridized carbons (Fsp3) is 0.619. The molecule has 1 aromatic rings. The van der Waals surface area contributed by atoms with E-state index in [9.17, 15) is 9.59 Å². The summed E-state index contributed by atoms with van der Waals surface area (Å²) in [5.41, 5.74) is 1.12. The number of rotatable bonds is 14. The molecule has 0 radical (unpaired) electrons. The van der Waals surface area contributed by atoms with E-state index in [4.69, 9.17) is 5.11 Å². The van der Waals surface area contributed by atoms with Crippen molar-refractivity contribution in [3.8, 4) is 0 Å². The molecule has 0 spiro atoms. The number of aliphatic carboxylic acids is 1. The zero-order valence-corrected chi connectivity index (χ0v) is 15.5. The van der Waals surface area contributed by atoms with Crippen molar-refractivity contribution in [3.05, 3.63) is 46.4 Å². The van der Waals surface area contributed by atoms with Gasteiger partial charge >= 0.3 is 5.97 Å². The number of aromatic nitrogens is 1. The van der Waals surface area contributed by atoms with Crippen LogP contribution in [0.15, 0.2) is 35.3 Å². The van der Waals surface area contributed by atoms with Crippen LogP contribution in [0.3, 0.4) is 0 Å². The number of H-pyrrole nitrogens is 1. The van der Waals surface area contributed by atoms with E-state index in [1.807, 2.05) is 12.3 Å². The minimum Gasteiger partial charge on any atom is -0.478 e. The Morgan fingerprint density at radius 2 is 1.84 bits per heavy atom. The molecule has 0 aliphatic carbocycles. The summed E-state index contributed by atoms with van der Waals surface area (Å²) < 4.78 is 0. The van der Waals surface area contributed by atoms with Gasteiger partial charge in [0.2, 0.25) is 5.56 Å². The van der Waals surface area contributed by atoms with Crippen LogP contribution >= 0.6 is 0 Å². The van der Waals surface area contributed by atoms with Crippen molar-refractivity contribution < 1.29 is 9.90 Å². The summed E-state index contributed by atoms with van der Waals surface area (Å²) >= 11 is 0. The van der Waals surface area contributed by atoms with Crippen molar-refractivity contribution in [1.82, 2.24) is 4.98 Å². The summed E-state index contributed by atoms with van der Waals surface area (Å²) in [6.45, 7) is 2.24. The average Bonchev–Trinajstić information content (AvgIpc) is 2.59. The fourth-order valence-corrected chi connectivity index (χ4v) is 3.17. The smallest absolute Gasteiger partial charge is 0.327 e. The van der Waals surface area contributed by atoms with Crippen molar-refractivity contribution in [2.45, 2.75) is 77.6 Å². The minimum absolute atomic E-state index is 0.0602. The highest BCUT2D eigenvalue weighted by Crippen LogP contribution is 2.22. The molecule has 0 aromatic carbocycles. The highest BCUT2D eigenvalue weighted by Gasteiger charge is 2.10. The van der Waals surface area contributed by atoms with Gasteiger partial charge in [-0.1, -0.05) is 64.0 Å². The molecule has 25 heavy (non-hydrogen) atoms. The Morgan fingerprint density at radius 3 is 2.52 bits per heavy atom. The van der Waals surface area contributed by atoms with Crippen molar-refractivity contribution in [2.75, 3.05) is 0 Å². The molecular formula is C21H33NO3. The number of carboxylic acids is 1. The van der Waals surface area contributed by atoms with E-state index in [0.29, 0.717) is 5.92 Å². The van der Waals surface area contributed by atoms with Gasteiger partial charge in [-0.25, -0.2) is 4.79 Å². The average molecular weight is 347 g/mol. The van der Waals surface area contributed by atoms with Gasteiger partial charge < -0.3 is 10.1 Å². The van der Waals surface area contributed by atoms with Gasteiger partial charge in [0.1, 0.15) is 0 Å². The van der Waals surface area contributed by atoms with Crippen LogP contribution in [0.4, 0.5) is 0 Å². The Kier molecular flexibility index (Phi) is 11.4. The summed E-state index contributed by atoms with van der Waals surface area (Å²) in [7, 11) is 0. The molecule has 1 heterocycles. The van der Waals surface area contributed by atoms with Crippen molar-refractivity contribution >= 4 is 5.97 Å². The standard InChI is InChI=1S/C21H33NO3/c1-2-3-4-5-6-8-11-18(12-9-7-10-13-21(24)25)16-19-14-15-20(23)22-17-19/h10,13-15,17-18H,2-9,11-12,16H2,1H3,(H,22,23)(H,24,25)/b13-10+/t18-/m1/s1. The highest BCUT2D eigenvalue weighted by molar-refractivity contribution is 5.79. The summed E-state index contributed by atoms with van der Waals surface area (Å²) in [4.78, 5) is 24.4. The molecule has 1 atom stereocenters. The number of unbranched alkanes of at least 4 members (excludes halogenated alkanes) is 6. The molecule has 0 fully saturated rings. The third-order valence-corrected chi connectivity index (χ3v) is 4.58. The molecule has 0 saturated carbocycles. The van der Waals surface area contributed by atoms with Gasteiger partial charge in [0.15, 0.2) is 0 Å². The molecule has 2 N–H and O–H groups in total. The topological polar surface area (TPSA) is 70.2 Å². The number of aromatic amines is 1. The van der Waals surface area contributed by atoms with E-state index in [2.05, 4.69) is 11.9 Å². The van der Waals surface area contributed by atoms with Crippen LogP contribution in [0, 0.1) is 5.92 Å². The van der Waals surface area contributed by atoms with Crippen molar-refractivity contribution in [1.29, 1.82) is 0 Å². The van der Waals surface area contributed by atoms with E-state index in [0.717, 1.165) is 25.7 Å². The molecule has 0 amide bonds. The zero-order valence-electron chi connectivity index (χ0n) is 15.5. The van der Waals surface area contributed by atoms with Crippen LogP contribution in [0.1, 0.15) is 76.7 Å². The molecule has 140 valence electrons. The van der Waals surface area contributed by atoms with Gasteiger partial charge in [-0.2, -0.15) is 0 Å². The molecule has 0 bridgehead atoms. The molecular weight excluding hydrogens is 314 g/mol. The quantitative estimate of drug-likeness (QED) is 0.363. The Bertz CT molecular complexity index is 542. The summed E-state index contributed by atoms with van der Waals surface area (Å²) in [6.07, 6.45) is 17.7. The molecule has 1 rings (SSSR count). The first kappa shape index (κ1) is 21.2. The van der Waals surface area contributed by atoms with Gasteiger partial charge in [0.25, 0.3) is 0 Å².